The Hall–Kier alpha value is -1.96. The van der Waals surface area contributed by atoms with Crippen molar-refractivity contribution in [1.29, 1.82) is 0 Å². The standard InChI is InChI=1S/C24H32N2O3S2/c1-6-14-25(31(28,29)7-2)17-22(27)26-15-12-21-20(13-16-30-21)23(26)18-8-10-19(11-9-18)24(3,4)5/h6,8-11,13,16,23H,1,7,12,14-15,17H2,2-5H3. The molecular weight excluding hydrogens is 428 g/mol. The molecule has 1 aromatic carbocycles. The van der Waals surface area contributed by atoms with E-state index in [1.165, 1.54) is 20.8 Å². The van der Waals surface area contributed by atoms with Crippen LogP contribution in [-0.4, -0.2) is 48.9 Å². The molecule has 1 atom stereocenters. The third-order valence-corrected chi connectivity index (χ3v) is 8.57. The van der Waals surface area contributed by atoms with Crippen LogP contribution in [0.5, 0.6) is 0 Å². The topological polar surface area (TPSA) is 57.7 Å². The maximum atomic E-state index is 13.4. The van der Waals surface area contributed by atoms with Gasteiger partial charge in [0, 0.05) is 18.0 Å². The molecule has 0 spiro atoms. The first-order chi connectivity index (χ1) is 14.6. The van der Waals surface area contributed by atoms with E-state index >= 15 is 0 Å². The summed E-state index contributed by atoms with van der Waals surface area (Å²) in [5, 5.41) is 2.07. The monoisotopic (exact) mass is 460 g/mol. The summed E-state index contributed by atoms with van der Waals surface area (Å²) in [5.41, 5.74) is 3.48. The number of carbonyl (C=O) groups is 1. The summed E-state index contributed by atoms with van der Waals surface area (Å²) in [6.07, 6.45) is 2.31. The Bertz CT molecular complexity index is 1030. The van der Waals surface area contributed by atoms with Gasteiger partial charge >= 0.3 is 0 Å². The van der Waals surface area contributed by atoms with Crippen molar-refractivity contribution < 1.29 is 13.2 Å². The lowest BCUT2D eigenvalue weighted by molar-refractivity contribution is -0.133. The molecule has 5 nitrogen and oxygen atoms in total. The molecule has 1 aliphatic rings. The van der Waals surface area contributed by atoms with Crippen LogP contribution in [0, 0.1) is 0 Å². The lowest BCUT2D eigenvalue weighted by Gasteiger charge is -2.37. The van der Waals surface area contributed by atoms with Gasteiger partial charge in [-0.1, -0.05) is 51.1 Å². The fraction of sp³-hybridized carbons (Fsp3) is 0.458. The zero-order valence-electron chi connectivity index (χ0n) is 18.8. The van der Waals surface area contributed by atoms with E-state index in [4.69, 9.17) is 0 Å². The molecule has 0 radical (unpaired) electrons. The van der Waals surface area contributed by atoms with Crippen molar-refractivity contribution in [2.24, 2.45) is 0 Å². The van der Waals surface area contributed by atoms with Crippen molar-refractivity contribution in [1.82, 2.24) is 9.21 Å². The highest BCUT2D eigenvalue weighted by Crippen LogP contribution is 2.38. The van der Waals surface area contributed by atoms with Crippen molar-refractivity contribution in [2.45, 2.75) is 45.6 Å². The van der Waals surface area contributed by atoms with Crippen molar-refractivity contribution >= 4 is 27.3 Å². The first-order valence-corrected chi connectivity index (χ1v) is 13.1. The lowest BCUT2D eigenvalue weighted by Crippen LogP contribution is -2.47. The van der Waals surface area contributed by atoms with Gasteiger partial charge in [0.05, 0.1) is 18.3 Å². The Kier molecular flexibility index (Phi) is 7.08. The van der Waals surface area contributed by atoms with E-state index < -0.39 is 10.0 Å². The summed E-state index contributed by atoms with van der Waals surface area (Å²) in [6, 6.07) is 10.3. The van der Waals surface area contributed by atoms with Crippen molar-refractivity contribution in [2.75, 3.05) is 25.4 Å². The van der Waals surface area contributed by atoms with Gasteiger partial charge in [-0.05, 0) is 46.9 Å². The summed E-state index contributed by atoms with van der Waals surface area (Å²) < 4.78 is 26.1. The fourth-order valence-electron chi connectivity index (χ4n) is 3.95. The number of hydrogen-bond acceptors (Lipinski definition) is 4. The number of benzene rings is 1. The number of rotatable bonds is 7. The van der Waals surface area contributed by atoms with E-state index in [9.17, 15) is 13.2 Å². The predicted molar refractivity (Wildman–Crippen MR) is 128 cm³/mol. The third kappa shape index (κ3) is 5.10. The van der Waals surface area contributed by atoms with Crippen LogP contribution in [0.1, 0.15) is 55.3 Å². The summed E-state index contributed by atoms with van der Waals surface area (Å²) in [4.78, 5) is 16.5. The van der Waals surface area contributed by atoms with E-state index in [-0.39, 0.29) is 36.2 Å². The van der Waals surface area contributed by atoms with Gasteiger partial charge in [-0.3, -0.25) is 4.79 Å². The Balaban J connectivity index is 1.95. The lowest BCUT2D eigenvalue weighted by atomic mass is 9.85. The van der Waals surface area contributed by atoms with Gasteiger partial charge in [-0.15, -0.1) is 17.9 Å². The van der Waals surface area contributed by atoms with Crippen LogP contribution in [0.25, 0.3) is 0 Å². The second-order valence-electron chi connectivity index (χ2n) is 8.89. The highest BCUT2D eigenvalue weighted by molar-refractivity contribution is 7.89. The SMILES string of the molecule is C=CCN(CC(=O)N1CCc2sccc2C1c1ccc(C(C)(C)C)cc1)S(=O)(=O)CC. The van der Waals surface area contributed by atoms with Gasteiger partial charge in [0.25, 0.3) is 0 Å². The Morgan fingerprint density at radius 1 is 1.26 bits per heavy atom. The Labute approximate surface area is 190 Å². The van der Waals surface area contributed by atoms with Crippen LogP contribution in [0.4, 0.5) is 0 Å². The molecule has 0 N–H and O–H groups in total. The molecule has 0 saturated heterocycles. The van der Waals surface area contributed by atoms with Gasteiger partial charge in [-0.2, -0.15) is 4.31 Å². The quantitative estimate of drug-likeness (QED) is 0.577. The minimum Gasteiger partial charge on any atom is -0.330 e. The zero-order valence-corrected chi connectivity index (χ0v) is 20.4. The van der Waals surface area contributed by atoms with E-state index in [0.717, 1.165) is 17.5 Å². The van der Waals surface area contributed by atoms with E-state index in [0.29, 0.717) is 6.54 Å². The van der Waals surface area contributed by atoms with Gasteiger partial charge in [-0.25, -0.2) is 8.42 Å². The van der Waals surface area contributed by atoms with Crippen LogP contribution in [-0.2, 0) is 26.7 Å². The van der Waals surface area contributed by atoms with Crippen LogP contribution in [0.3, 0.4) is 0 Å². The second-order valence-corrected chi connectivity index (χ2v) is 12.2. The molecule has 2 heterocycles. The maximum Gasteiger partial charge on any atom is 0.238 e. The zero-order chi connectivity index (χ0) is 22.8. The average Bonchev–Trinajstić information content (AvgIpc) is 3.21. The molecule has 0 aliphatic carbocycles. The summed E-state index contributed by atoms with van der Waals surface area (Å²) in [7, 11) is -3.49. The van der Waals surface area contributed by atoms with E-state index in [1.807, 2.05) is 4.90 Å². The fourth-order valence-corrected chi connectivity index (χ4v) is 5.86. The number of sulfonamides is 1. The number of nitrogens with zero attached hydrogens (tertiary/aromatic N) is 2. The van der Waals surface area contributed by atoms with Gasteiger partial charge in [0.15, 0.2) is 0 Å². The number of carbonyl (C=O) groups excluding carboxylic acids is 1. The average molecular weight is 461 g/mol. The molecule has 1 amide bonds. The number of thiophene rings is 1. The highest BCUT2D eigenvalue weighted by Gasteiger charge is 2.34. The molecule has 31 heavy (non-hydrogen) atoms. The van der Waals surface area contributed by atoms with Gasteiger partial charge < -0.3 is 4.90 Å². The molecule has 1 aliphatic heterocycles. The molecule has 0 fully saturated rings. The van der Waals surface area contributed by atoms with Gasteiger partial charge in [0.2, 0.25) is 15.9 Å². The summed E-state index contributed by atoms with van der Waals surface area (Å²) >= 11 is 1.72. The van der Waals surface area contributed by atoms with E-state index in [1.54, 1.807) is 18.3 Å². The molecule has 2 aromatic rings. The van der Waals surface area contributed by atoms with E-state index in [2.05, 4.69) is 63.1 Å². The maximum absolute atomic E-state index is 13.4. The molecule has 0 bridgehead atoms. The third-order valence-electron chi connectivity index (χ3n) is 5.78. The number of fused-ring (bicyclic) bond motifs is 1. The Morgan fingerprint density at radius 3 is 2.52 bits per heavy atom. The van der Waals surface area contributed by atoms with Crippen LogP contribution in [0.2, 0.25) is 0 Å². The van der Waals surface area contributed by atoms with Crippen molar-refractivity contribution in [3.63, 3.8) is 0 Å². The molecule has 1 unspecified atom stereocenters. The molecule has 1 aromatic heterocycles. The molecular formula is C24H32N2O3S2. The normalized spacial score (nSPS) is 16.9. The predicted octanol–water partition coefficient (Wildman–Crippen LogP) is 4.36. The first-order valence-electron chi connectivity index (χ1n) is 10.6. The van der Waals surface area contributed by atoms with Crippen molar-refractivity contribution in [3.05, 3.63) is 69.9 Å². The molecule has 7 heteroatoms. The minimum absolute atomic E-state index is 0.0412. The van der Waals surface area contributed by atoms with Crippen LogP contribution in [0.15, 0.2) is 48.4 Å². The smallest absolute Gasteiger partial charge is 0.238 e. The van der Waals surface area contributed by atoms with Crippen LogP contribution >= 0.6 is 11.3 Å². The molecule has 0 saturated carbocycles. The summed E-state index contributed by atoms with van der Waals surface area (Å²) in [6.45, 7) is 12.3. The molecule has 3 rings (SSSR count). The largest absolute Gasteiger partial charge is 0.330 e. The first kappa shape index (κ1) is 23.7. The number of hydrogen-bond donors (Lipinski definition) is 0. The van der Waals surface area contributed by atoms with Crippen LogP contribution < -0.4 is 0 Å². The van der Waals surface area contributed by atoms with Gasteiger partial charge in [0.1, 0.15) is 0 Å². The minimum atomic E-state index is -3.49. The molecule has 168 valence electrons. The Morgan fingerprint density at radius 2 is 1.94 bits per heavy atom. The number of amides is 1. The highest BCUT2D eigenvalue weighted by atomic mass is 32.2. The summed E-state index contributed by atoms with van der Waals surface area (Å²) in [5.74, 6) is -0.221. The second kappa shape index (κ2) is 9.27. The van der Waals surface area contributed by atoms with Crippen molar-refractivity contribution in [3.8, 4) is 0 Å².